The second-order valence-corrected chi connectivity index (χ2v) is 9.43. The molecule has 5 aromatic rings. The van der Waals surface area contributed by atoms with Crippen LogP contribution in [0.2, 0.25) is 0 Å². The minimum absolute atomic E-state index is 0.0641. The number of nitrogens with one attached hydrogen (secondary N) is 1. The van der Waals surface area contributed by atoms with Crippen LogP contribution in [0.15, 0.2) is 92.2 Å². The number of rotatable bonds is 6. The Labute approximate surface area is 218 Å². The zero-order chi connectivity index (χ0) is 25.1. The number of aromatic hydroxyl groups is 1. The minimum atomic E-state index is -0.395. The molecule has 0 aliphatic heterocycles. The summed E-state index contributed by atoms with van der Waals surface area (Å²) < 4.78 is 12.2. The molecule has 2 aromatic heterocycles. The van der Waals surface area contributed by atoms with Crippen molar-refractivity contribution in [1.29, 1.82) is 0 Å². The van der Waals surface area contributed by atoms with E-state index in [1.807, 2.05) is 48.7 Å². The van der Waals surface area contributed by atoms with Crippen molar-refractivity contribution in [2.24, 2.45) is 5.10 Å². The smallest absolute Gasteiger partial charge is 0.272 e. The van der Waals surface area contributed by atoms with Crippen LogP contribution in [0.1, 0.15) is 17.3 Å². The van der Waals surface area contributed by atoms with Gasteiger partial charge in [-0.2, -0.15) is 0 Å². The molecular formula is C27H20BrN3O4S. The molecule has 0 spiro atoms. The van der Waals surface area contributed by atoms with Gasteiger partial charge in [0.15, 0.2) is 0 Å². The van der Waals surface area contributed by atoms with Crippen LogP contribution in [-0.4, -0.2) is 22.6 Å². The molecule has 5 rings (SSSR count). The summed E-state index contributed by atoms with van der Waals surface area (Å²) >= 11 is 4.82. The molecule has 0 saturated heterocycles. The molecule has 9 heteroatoms. The van der Waals surface area contributed by atoms with Gasteiger partial charge in [-0.15, -0.1) is 16.4 Å². The predicted molar refractivity (Wildman–Crippen MR) is 143 cm³/mol. The first-order valence-corrected chi connectivity index (χ1v) is 12.7. The summed E-state index contributed by atoms with van der Waals surface area (Å²) in [7, 11) is 0. The summed E-state index contributed by atoms with van der Waals surface area (Å²) in [5, 5.41) is 17.6. The van der Waals surface area contributed by atoms with Gasteiger partial charge in [-0.05, 0) is 77.5 Å². The number of nitrogens with zero attached hydrogens (tertiary/aromatic N) is 2. The summed E-state index contributed by atoms with van der Waals surface area (Å²) in [4.78, 5) is 17.5. The molecular weight excluding hydrogens is 542 g/mol. The van der Waals surface area contributed by atoms with Crippen molar-refractivity contribution < 1.29 is 19.1 Å². The first kappa shape index (κ1) is 23.8. The first-order chi connectivity index (χ1) is 17.5. The molecule has 2 heterocycles. The number of benzene rings is 3. The van der Waals surface area contributed by atoms with E-state index < -0.39 is 5.91 Å². The maximum atomic E-state index is 12.7. The summed E-state index contributed by atoms with van der Waals surface area (Å²) in [6, 6.07) is 21.5. The highest BCUT2D eigenvalue weighted by Crippen LogP contribution is 2.30. The van der Waals surface area contributed by atoms with Gasteiger partial charge in [0, 0.05) is 26.9 Å². The third-order valence-electron chi connectivity index (χ3n) is 5.31. The van der Waals surface area contributed by atoms with Gasteiger partial charge in [-0.1, -0.05) is 12.1 Å². The van der Waals surface area contributed by atoms with Gasteiger partial charge in [0.1, 0.15) is 22.1 Å². The van der Waals surface area contributed by atoms with Crippen LogP contribution >= 0.6 is 27.3 Å². The van der Waals surface area contributed by atoms with Crippen LogP contribution in [-0.2, 0) is 0 Å². The number of carbonyl (C=O) groups excluding carboxylic acids is 1. The second kappa shape index (κ2) is 10.3. The highest BCUT2D eigenvalue weighted by molar-refractivity contribution is 9.10. The summed E-state index contributed by atoms with van der Waals surface area (Å²) in [5.74, 6) is 0.471. The van der Waals surface area contributed by atoms with E-state index in [1.54, 1.807) is 30.3 Å². The molecule has 36 heavy (non-hydrogen) atoms. The maximum absolute atomic E-state index is 12.7. The molecule has 0 bridgehead atoms. The summed E-state index contributed by atoms with van der Waals surface area (Å²) in [5.41, 5.74) is 5.96. The Kier molecular flexibility index (Phi) is 6.84. The highest BCUT2D eigenvalue weighted by atomic mass is 79.9. The van der Waals surface area contributed by atoms with E-state index in [4.69, 9.17) is 14.1 Å². The fourth-order valence-electron chi connectivity index (χ4n) is 3.57. The second-order valence-electron chi connectivity index (χ2n) is 7.72. The average Bonchev–Trinajstić information content (AvgIpc) is 3.38. The molecule has 1 amide bonds. The number of fused-ring (bicyclic) bond motifs is 1. The lowest BCUT2D eigenvalue weighted by atomic mass is 10.1. The van der Waals surface area contributed by atoms with Crippen molar-refractivity contribution in [3.05, 3.63) is 93.8 Å². The van der Waals surface area contributed by atoms with E-state index in [0.29, 0.717) is 32.8 Å². The van der Waals surface area contributed by atoms with Gasteiger partial charge in [-0.3, -0.25) is 4.79 Å². The van der Waals surface area contributed by atoms with E-state index in [2.05, 4.69) is 26.5 Å². The van der Waals surface area contributed by atoms with E-state index in [-0.39, 0.29) is 11.3 Å². The van der Waals surface area contributed by atoms with Crippen molar-refractivity contribution in [3.8, 4) is 33.3 Å². The number of amides is 1. The van der Waals surface area contributed by atoms with Crippen molar-refractivity contribution in [3.63, 3.8) is 0 Å². The Morgan fingerprint density at radius 3 is 2.72 bits per heavy atom. The molecule has 3 aromatic carbocycles. The molecule has 2 N–H and O–H groups in total. The fraction of sp³-hybridized carbons (Fsp3) is 0.0741. The molecule has 180 valence electrons. The van der Waals surface area contributed by atoms with E-state index >= 15 is 0 Å². The topological polar surface area (TPSA) is 97.0 Å². The number of halogens is 1. The number of aromatic nitrogens is 1. The predicted octanol–water partition coefficient (Wildman–Crippen LogP) is 6.34. The molecule has 0 saturated carbocycles. The van der Waals surface area contributed by atoms with Crippen LogP contribution in [0.4, 0.5) is 0 Å². The van der Waals surface area contributed by atoms with Crippen LogP contribution in [0.5, 0.6) is 11.5 Å². The Balaban J connectivity index is 1.55. The van der Waals surface area contributed by atoms with Gasteiger partial charge in [-0.25, -0.2) is 10.4 Å². The van der Waals surface area contributed by atoms with Crippen molar-refractivity contribution in [1.82, 2.24) is 10.4 Å². The van der Waals surface area contributed by atoms with Crippen LogP contribution in [0.25, 0.3) is 32.8 Å². The van der Waals surface area contributed by atoms with E-state index in [9.17, 15) is 9.90 Å². The molecule has 0 unspecified atom stereocenters. The lowest BCUT2D eigenvalue weighted by Gasteiger charge is -2.05. The third-order valence-corrected chi connectivity index (χ3v) is 6.87. The van der Waals surface area contributed by atoms with Crippen LogP contribution in [0.3, 0.4) is 0 Å². The van der Waals surface area contributed by atoms with Gasteiger partial charge in [0.25, 0.3) is 5.91 Å². The maximum Gasteiger partial charge on any atom is 0.272 e. The van der Waals surface area contributed by atoms with Crippen molar-refractivity contribution >= 4 is 44.1 Å². The number of ether oxygens (including phenoxy) is 1. The number of phenols is 1. The largest absolute Gasteiger partial charge is 0.508 e. The number of carbonyl (C=O) groups is 1. The molecule has 0 radical (unpaired) electrons. The zero-order valence-electron chi connectivity index (χ0n) is 19.1. The normalized spacial score (nSPS) is 11.6. The molecule has 0 atom stereocenters. The summed E-state index contributed by atoms with van der Waals surface area (Å²) in [6.07, 6.45) is 0. The molecule has 7 nitrogen and oxygen atoms in total. The monoisotopic (exact) mass is 561 g/mol. The number of hydrogen-bond acceptors (Lipinski definition) is 7. The van der Waals surface area contributed by atoms with Crippen LogP contribution < -0.4 is 15.7 Å². The molecule has 0 aliphatic rings. The quantitative estimate of drug-likeness (QED) is 0.236. The lowest BCUT2D eigenvalue weighted by Crippen LogP contribution is -2.22. The Bertz CT molecular complexity index is 1630. The lowest BCUT2D eigenvalue weighted by molar-refractivity contribution is 0.0950. The van der Waals surface area contributed by atoms with Crippen molar-refractivity contribution in [2.75, 3.05) is 6.61 Å². The highest BCUT2D eigenvalue weighted by Gasteiger charge is 2.14. The Hall–Kier alpha value is -3.95. The average molecular weight is 562 g/mol. The van der Waals surface area contributed by atoms with Gasteiger partial charge >= 0.3 is 0 Å². The van der Waals surface area contributed by atoms with Gasteiger partial charge in [0.2, 0.25) is 5.55 Å². The summed E-state index contributed by atoms with van der Waals surface area (Å²) in [6.45, 7) is 2.55. The Morgan fingerprint density at radius 1 is 1.14 bits per heavy atom. The SMILES string of the molecule is CCOc1ccc(-c2csc(-c3cc4ccc(O)cc4o/c3=N/NC(=O)c3ccccc3Br)n2)cc1. The minimum Gasteiger partial charge on any atom is -0.508 e. The zero-order valence-corrected chi connectivity index (χ0v) is 21.5. The Morgan fingerprint density at radius 2 is 1.94 bits per heavy atom. The third kappa shape index (κ3) is 5.02. The fourth-order valence-corrected chi connectivity index (χ4v) is 4.87. The molecule has 0 aliphatic carbocycles. The number of thiazole rings is 1. The number of hydrogen-bond donors (Lipinski definition) is 2. The van der Waals surface area contributed by atoms with E-state index in [0.717, 1.165) is 22.4 Å². The standard InChI is InChI=1S/C27H20BrN3O4S/c1-2-34-19-11-8-16(9-12-19)23-15-36-27(29-23)21-13-17-7-10-18(32)14-24(17)35-26(21)31-30-25(33)20-5-3-4-6-22(20)28/h3-15,32H,2H2,1H3,(H,30,33)/b31-26+. The van der Waals surface area contributed by atoms with Gasteiger partial charge in [0.05, 0.1) is 23.4 Å². The number of phenolic OH excluding ortho intramolecular Hbond substituents is 1. The van der Waals surface area contributed by atoms with Crippen molar-refractivity contribution in [2.45, 2.75) is 6.92 Å². The van der Waals surface area contributed by atoms with E-state index in [1.165, 1.54) is 17.4 Å². The molecule has 0 fully saturated rings. The first-order valence-electron chi connectivity index (χ1n) is 11.1. The van der Waals surface area contributed by atoms with Gasteiger partial charge < -0.3 is 14.3 Å². The van der Waals surface area contributed by atoms with Crippen LogP contribution in [0, 0.1) is 0 Å².